The van der Waals surface area contributed by atoms with E-state index in [1.807, 2.05) is 19.0 Å². The van der Waals surface area contributed by atoms with E-state index in [2.05, 4.69) is 67.4 Å². The Bertz CT molecular complexity index is 815. The van der Waals surface area contributed by atoms with Crippen molar-refractivity contribution in [3.8, 4) is 0 Å². The third-order valence-electron chi connectivity index (χ3n) is 8.55. The Morgan fingerprint density at radius 1 is 0.543 bits per heavy atom. The van der Waals surface area contributed by atoms with Gasteiger partial charge in [0.1, 0.15) is 6.04 Å². The summed E-state index contributed by atoms with van der Waals surface area (Å²) >= 11 is 0. The van der Waals surface area contributed by atoms with Crippen molar-refractivity contribution < 1.29 is 9.59 Å². The lowest BCUT2D eigenvalue weighted by Crippen LogP contribution is -2.48. The van der Waals surface area contributed by atoms with Crippen LogP contribution in [0, 0.1) is 0 Å². The maximum atomic E-state index is 13.3. The molecule has 0 bridgehead atoms. The van der Waals surface area contributed by atoms with E-state index in [1.54, 1.807) is 0 Å². The molecule has 1 atom stereocenters. The Kier molecular flexibility index (Phi) is 32.6. The maximum Gasteiger partial charge on any atom is 0.240 e. The Labute approximate surface area is 286 Å². The highest BCUT2D eigenvalue weighted by Gasteiger charge is 2.27. The normalized spacial score (nSPS) is 12.9. The molecular weight excluding hydrogens is 566 g/mol. The van der Waals surface area contributed by atoms with Gasteiger partial charge in [-0.3, -0.25) is 9.59 Å². The molecule has 2 N–H and O–H groups in total. The molecule has 5 nitrogen and oxygen atoms in total. The molecule has 0 fully saturated rings. The molecule has 0 aliphatic carbocycles. The molecule has 1 unspecified atom stereocenters. The number of rotatable bonds is 33. The fourth-order valence-electron chi connectivity index (χ4n) is 5.67. The zero-order chi connectivity index (χ0) is 33.9. The first-order valence-electron chi connectivity index (χ1n) is 19.3. The quantitative estimate of drug-likeness (QED) is 0.0573. The molecule has 0 radical (unpaired) electrons. The largest absolute Gasteiger partial charge is 0.368 e. The van der Waals surface area contributed by atoms with Crippen LogP contribution in [0.5, 0.6) is 0 Å². The molecule has 0 aromatic carbocycles. The van der Waals surface area contributed by atoms with Crippen LogP contribution in [0.2, 0.25) is 0 Å². The van der Waals surface area contributed by atoms with Gasteiger partial charge in [-0.15, -0.1) is 0 Å². The van der Waals surface area contributed by atoms with E-state index in [0.717, 1.165) is 83.6 Å². The molecule has 46 heavy (non-hydrogen) atoms. The number of nitrogens with two attached hydrogens (primary N) is 1. The number of carbonyl (C=O) groups is 2. The van der Waals surface area contributed by atoms with Crippen LogP contribution in [0.3, 0.4) is 0 Å². The Morgan fingerprint density at radius 2 is 0.978 bits per heavy atom. The van der Waals surface area contributed by atoms with Gasteiger partial charge in [-0.1, -0.05) is 127 Å². The predicted molar refractivity (Wildman–Crippen MR) is 202 cm³/mol. The fraction of sp³-hybridized carbons (Fsp3) is 0.756. The summed E-state index contributed by atoms with van der Waals surface area (Å²) in [6, 6.07) is -0.489. The first-order chi connectivity index (χ1) is 22.4. The van der Waals surface area contributed by atoms with Gasteiger partial charge in [0, 0.05) is 13.0 Å². The summed E-state index contributed by atoms with van der Waals surface area (Å²) < 4.78 is 0. The lowest BCUT2D eigenvalue weighted by Gasteiger charge is -2.30. The number of allylic oxidation sites excluding steroid dienone is 8. The predicted octanol–water partition coefficient (Wildman–Crippen LogP) is 10.9. The second-order valence-electron chi connectivity index (χ2n) is 13.3. The van der Waals surface area contributed by atoms with E-state index < -0.39 is 6.04 Å². The van der Waals surface area contributed by atoms with E-state index in [0.29, 0.717) is 19.4 Å². The molecule has 5 heteroatoms. The number of unbranched alkanes of at least 4 members (excludes halogenated alkanes) is 15. The van der Waals surface area contributed by atoms with Crippen molar-refractivity contribution >= 4 is 11.8 Å². The van der Waals surface area contributed by atoms with Crippen molar-refractivity contribution in [3.05, 3.63) is 48.6 Å². The summed E-state index contributed by atoms with van der Waals surface area (Å²) in [6.45, 7) is 5.98. The van der Waals surface area contributed by atoms with Gasteiger partial charge in [-0.05, 0) is 104 Å². The lowest BCUT2D eigenvalue weighted by molar-refractivity contribution is -0.139. The highest BCUT2D eigenvalue weighted by Crippen LogP contribution is 2.16. The third-order valence-corrected chi connectivity index (χ3v) is 8.55. The summed E-state index contributed by atoms with van der Waals surface area (Å²) in [7, 11) is 4.08. The van der Waals surface area contributed by atoms with Crippen molar-refractivity contribution in [2.45, 2.75) is 174 Å². The van der Waals surface area contributed by atoms with Gasteiger partial charge in [0.2, 0.25) is 11.8 Å². The molecule has 0 saturated carbocycles. The summed E-state index contributed by atoms with van der Waals surface area (Å²) in [5.74, 6) is -0.262. The van der Waals surface area contributed by atoms with Gasteiger partial charge in [0.05, 0.1) is 0 Å². The average molecular weight is 642 g/mol. The van der Waals surface area contributed by atoms with Crippen LogP contribution in [-0.2, 0) is 9.59 Å². The third kappa shape index (κ3) is 29.3. The van der Waals surface area contributed by atoms with Crippen molar-refractivity contribution in [2.75, 3.05) is 27.2 Å². The van der Waals surface area contributed by atoms with Crippen LogP contribution in [0.1, 0.15) is 168 Å². The van der Waals surface area contributed by atoms with Crippen molar-refractivity contribution in [3.63, 3.8) is 0 Å². The molecule has 0 heterocycles. The Hall–Kier alpha value is -2.14. The van der Waals surface area contributed by atoms with Gasteiger partial charge >= 0.3 is 0 Å². The van der Waals surface area contributed by atoms with Crippen LogP contribution in [0.15, 0.2) is 48.6 Å². The van der Waals surface area contributed by atoms with Crippen molar-refractivity contribution in [2.24, 2.45) is 5.73 Å². The molecular formula is C41H75N3O2. The Morgan fingerprint density at radius 3 is 1.43 bits per heavy atom. The summed E-state index contributed by atoms with van der Waals surface area (Å²) in [5, 5.41) is 0. The van der Waals surface area contributed by atoms with Gasteiger partial charge in [0.15, 0.2) is 0 Å². The fourth-order valence-corrected chi connectivity index (χ4v) is 5.67. The van der Waals surface area contributed by atoms with E-state index in [-0.39, 0.29) is 11.8 Å². The minimum absolute atomic E-state index is 0.0952. The van der Waals surface area contributed by atoms with E-state index in [9.17, 15) is 9.59 Å². The van der Waals surface area contributed by atoms with E-state index >= 15 is 0 Å². The molecule has 266 valence electrons. The van der Waals surface area contributed by atoms with E-state index in [4.69, 9.17) is 5.73 Å². The molecule has 0 aliphatic heterocycles. The summed E-state index contributed by atoms with van der Waals surface area (Å²) in [6.07, 6.45) is 44.7. The molecule has 0 saturated heterocycles. The number of hydrogen-bond donors (Lipinski definition) is 1. The molecule has 0 aromatic rings. The number of primary amides is 1. The van der Waals surface area contributed by atoms with Gasteiger partial charge in [-0.2, -0.15) is 0 Å². The van der Waals surface area contributed by atoms with Crippen LogP contribution in [0.4, 0.5) is 0 Å². The van der Waals surface area contributed by atoms with Crippen molar-refractivity contribution in [1.82, 2.24) is 9.80 Å². The minimum Gasteiger partial charge on any atom is -0.368 e. The number of amides is 2. The molecule has 0 spiro atoms. The summed E-state index contributed by atoms with van der Waals surface area (Å²) in [5.41, 5.74) is 5.88. The average Bonchev–Trinajstić information content (AvgIpc) is 3.03. The van der Waals surface area contributed by atoms with Crippen LogP contribution in [-0.4, -0.2) is 54.8 Å². The minimum atomic E-state index is -0.489. The smallest absolute Gasteiger partial charge is 0.240 e. The van der Waals surface area contributed by atoms with Gasteiger partial charge < -0.3 is 15.5 Å². The molecule has 0 aromatic heterocycles. The van der Waals surface area contributed by atoms with Crippen molar-refractivity contribution in [1.29, 1.82) is 0 Å². The zero-order valence-corrected chi connectivity index (χ0v) is 30.9. The standard InChI is InChI=1S/C41H75N3O2/c1-5-7-9-11-13-15-17-19-21-23-25-27-29-31-33-36-40(45)44(38-34-37-43(3)4)39(41(42)46)35-32-30-28-26-24-22-20-18-16-14-12-10-8-6-2/h13-16,19-22,39H,5-12,17-18,23-38H2,1-4H3,(H2,42,46)/b15-13-,16-14-,21-19-,22-20-. The molecule has 2 amide bonds. The highest BCUT2D eigenvalue weighted by atomic mass is 16.2. The van der Waals surface area contributed by atoms with Crippen LogP contribution >= 0.6 is 0 Å². The second kappa shape index (κ2) is 34.2. The topological polar surface area (TPSA) is 66.6 Å². The number of carbonyl (C=O) groups excluding carboxylic acids is 2. The SMILES string of the molecule is CCCCC/C=C\C/C=C\CCCCCCCC(=O)N(CCCN(C)C)C(CCCCCC/C=C\C/C=C\CCCCC)C(N)=O. The van der Waals surface area contributed by atoms with E-state index in [1.165, 1.54) is 64.2 Å². The second-order valence-corrected chi connectivity index (χ2v) is 13.3. The Balaban J connectivity index is 4.37. The summed E-state index contributed by atoms with van der Waals surface area (Å²) in [4.78, 5) is 29.8. The monoisotopic (exact) mass is 642 g/mol. The van der Waals surface area contributed by atoms with Crippen LogP contribution in [0.25, 0.3) is 0 Å². The zero-order valence-electron chi connectivity index (χ0n) is 30.9. The van der Waals surface area contributed by atoms with Gasteiger partial charge in [0.25, 0.3) is 0 Å². The first-order valence-corrected chi connectivity index (χ1v) is 19.3. The van der Waals surface area contributed by atoms with Crippen LogP contribution < -0.4 is 5.73 Å². The first kappa shape index (κ1) is 43.9. The maximum absolute atomic E-state index is 13.3. The molecule has 0 aliphatic rings. The number of hydrogen-bond acceptors (Lipinski definition) is 3. The number of nitrogens with zero attached hydrogens (tertiary/aromatic N) is 2. The molecule has 0 rings (SSSR count). The van der Waals surface area contributed by atoms with Gasteiger partial charge in [-0.25, -0.2) is 0 Å². The highest BCUT2D eigenvalue weighted by molar-refractivity contribution is 5.86. The lowest BCUT2D eigenvalue weighted by atomic mass is 10.0.